The van der Waals surface area contributed by atoms with E-state index in [1.165, 1.54) is 12.1 Å². The first kappa shape index (κ1) is 11.4. The molecule has 2 aromatic carbocycles. The van der Waals surface area contributed by atoms with E-state index in [9.17, 15) is 10.1 Å². The molecule has 0 amide bonds. The van der Waals surface area contributed by atoms with Crippen molar-refractivity contribution in [1.82, 2.24) is 4.98 Å². The first-order valence-corrected chi connectivity index (χ1v) is 5.80. The van der Waals surface area contributed by atoms with Crippen LogP contribution in [0.2, 0.25) is 0 Å². The number of nitro groups is 1. The van der Waals surface area contributed by atoms with Crippen LogP contribution >= 0.6 is 0 Å². The summed E-state index contributed by atoms with van der Waals surface area (Å²) in [5.41, 5.74) is 2.18. The summed E-state index contributed by atoms with van der Waals surface area (Å²) in [6, 6.07) is 14.2. The standard InChI is InChI=1S/C14H10N2O3/c17-16(18)11-6-7-12-13(9-11)19-14(15-12)8-10-4-2-1-3-5-10/h1-7,9H,8H2. The Morgan fingerprint density at radius 2 is 1.95 bits per heavy atom. The lowest BCUT2D eigenvalue weighted by Gasteiger charge is -1.94. The molecule has 0 unspecified atom stereocenters. The molecule has 1 aromatic heterocycles. The van der Waals surface area contributed by atoms with Gasteiger partial charge in [-0.1, -0.05) is 30.3 Å². The van der Waals surface area contributed by atoms with Gasteiger partial charge in [-0.25, -0.2) is 4.98 Å². The number of rotatable bonds is 3. The predicted molar refractivity (Wildman–Crippen MR) is 69.9 cm³/mol. The van der Waals surface area contributed by atoms with E-state index < -0.39 is 4.92 Å². The highest BCUT2D eigenvalue weighted by Crippen LogP contribution is 2.22. The number of benzene rings is 2. The number of hydrogen-bond donors (Lipinski definition) is 0. The van der Waals surface area contributed by atoms with Crippen LogP contribution < -0.4 is 0 Å². The summed E-state index contributed by atoms with van der Waals surface area (Å²) in [6.07, 6.45) is 0.573. The van der Waals surface area contributed by atoms with Crippen LogP contribution in [0.5, 0.6) is 0 Å². The highest BCUT2D eigenvalue weighted by molar-refractivity contribution is 5.75. The van der Waals surface area contributed by atoms with Crippen molar-refractivity contribution in [3.05, 3.63) is 70.1 Å². The fourth-order valence-electron chi connectivity index (χ4n) is 1.92. The number of aromatic nitrogens is 1. The molecule has 0 atom stereocenters. The smallest absolute Gasteiger partial charge is 0.273 e. The van der Waals surface area contributed by atoms with Gasteiger partial charge >= 0.3 is 0 Å². The Balaban J connectivity index is 1.95. The molecule has 0 spiro atoms. The molecule has 0 aliphatic heterocycles. The zero-order valence-electron chi connectivity index (χ0n) is 9.95. The van der Waals surface area contributed by atoms with Gasteiger partial charge in [-0.05, 0) is 11.6 Å². The van der Waals surface area contributed by atoms with Crippen LogP contribution in [0.25, 0.3) is 11.1 Å². The molecule has 0 radical (unpaired) electrons. The second-order valence-electron chi connectivity index (χ2n) is 4.18. The van der Waals surface area contributed by atoms with E-state index in [4.69, 9.17) is 4.42 Å². The van der Waals surface area contributed by atoms with Gasteiger partial charge in [0.2, 0.25) is 0 Å². The molecule has 0 saturated carbocycles. The Morgan fingerprint density at radius 1 is 1.16 bits per heavy atom. The molecule has 19 heavy (non-hydrogen) atoms. The zero-order valence-corrected chi connectivity index (χ0v) is 9.95. The first-order chi connectivity index (χ1) is 9.22. The number of nitro benzene ring substituents is 1. The largest absolute Gasteiger partial charge is 0.440 e. The van der Waals surface area contributed by atoms with Crippen molar-refractivity contribution in [3.63, 3.8) is 0 Å². The van der Waals surface area contributed by atoms with E-state index in [2.05, 4.69) is 4.98 Å². The van der Waals surface area contributed by atoms with Crippen LogP contribution in [0.1, 0.15) is 11.5 Å². The monoisotopic (exact) mass is 254 g/mol. The molecule has 3 rings (SSSR count). The maximum atomic E-state index is 10.7. The van der Waals surface area contributed by atoms with Gasteiger partial charge in [0.1, 0.15) is 5.52 Å². The molecule has 94 valence electrons. The average molecular weight is 254 g/mol. The minimum Gasteiger partial charge on any atom is -0.440 e. The average Bonchev–Trinajstić information content (AvgIpc) is 2.80. The third-order valence-corrected chi connectivity index (χ3v) is 2.83. The van der Waals surface area contributed by atoms with Gasteiger partial charge in [0.25, 0.3) is 5.69 Å². The molecule has 0 aliphatic rings. The molecule has 0 saturated heterocycles. The highest BCUT2D eigenvalue weighted by Gasteiger charge is 2.11. The molecule has 0 fully saturated rings. The fourth-order valence-corrected chi connectivity index (χ4v) is 1.92. The van der Waals surface area contributed by atoms with Gasteiger partial charge in [-0.15, -0.1) is 0 Å². The first-order valence-electron chi connectivity index (χ1n) is 5.80. The molecule has 1 heterocycles. The second-order valence-corrected chi connectivity index (χ2v) is 4.18. The predicted octanol–water partition coefficient (Wildman–Crippen LogP) is 3.33. The Hall–Kier alpha value is -2.69. The number of hydrogen-bond acceptors (Lipinski definition) is 4. The van der Waals surface area contributed by atoms with E-state index in [1.807, 2.05) is 30.3 Å². The lowest BCUT2D eigenvalue weighted by molar-refractivity contribution is -0.384. The van der Waals surface area contributed by atoms with Crippen molar-refractivity contribution in [2.45, 2.75) is 6.42 Å². The van der Waals surface area contributed by atoms with Gasteiger partial charge in [0.15, 0.2) is 11.5 Å². The van der Waals surface area contributed by atoms with Crippen LogP contribution in [0.3, 0.4) is 0 Å². The minimum atomic E-state index is -0.446. The van der Waals surface area contributed by atoms with Crippen LogP contribution in [0, 0.1) is 10.1 Å². The molecular formula is C14H10N2O3. The lowest BCUT2D eigenvalue weighted by Crippen LogP contribution is -1.86. The normalized spacial score (nSPS) is 10.7. The highest BCUT2D eigenvalue weighted by atomic mass is 16.6. The third kappa shape index (κ3) is 2.30. The molecule has 0 aliphatic carbocycles. The minimum absolute atomic E-state index is 0.00918. The Kier molecular flexibility index (Phi) is 2.72. The summed E-state index contributed by atoms with van der Waals surface area (Å²) in [4.78, 5) is 14.6. The maximum Gasteiger partial charge on any atom is 0.273 e. The Bertz CT molecular complexity index is 735. The number of oxazole rings is 1. The maximum absolute atomic E-state index is 10.7. The molecule has 0 N–H and O–H groups in total. The third-order valence-electron chi connectivity index (χ3n) is 2.83. The van der Waals surface area contributed by atoms with Crippen LogP contribution in [-0.4, -0.2) is 9.91 Å². The summed E-state index contributed by atoms with van der Waals surface area (Å²) < 4.78 is 5.55. The van der Waals surface area contributed by atoms with E-state index in [0.29, 0.717) is 23.4 Å². The van der Waals surface area contributed by atoms with Crippen LogP contribution in [-0.2, 0) is 6.42 Å². The van der Waals surface area contributed by atoms with E-state index in [1.54, 1.807) is 6.07 Å². The van der Waals surface area contributed by atoms with E-state index in [-0.39, 0.29) is 5.69 Å². The van der Waals surface area contributed by atoms with Crippen molar-refractivity contribution in [2.24, 2.45) is 0 Å². The number of fused-ring (bicyclic) bond motifs is 1. The molecular weight excluding hydrogens is 244 g/mol. The SMILES string of the molecule is O=[N+]([O-])c1ccc2nc(Cc3ccccc3)oc2c1. The topological polar surface area (TPSA) is 69.2 Å². The second kappa shape index (κ2) is 4.53. The molecule has 3 aromatic rings. The van der Waals surface area contributed by atoms with Crippen molar-refractivity contribution in [1.29, 1.82) is 0 Å². The summed E-state index contributed by atoms with van der Waals surface area (Å²) in [5, 5.41) is 10.7. The quantitative estimate of drug-likeness (QED) is 0.531. The summed E-state index contributed by atoms with van der Waals surface area (Å²) in [7, 11) is 0. The van der Waals surface area contributed by atoms with Gasteiger partial charge < -0.3 is 4.42 Å². The summed E-state index contributed by atoms with van der Waals surface area (Å²) in [5.74, 6) is 0.557. The zero-order chi connectivity index (χ0) is 13.2. The molecule has 5 heteroatoms. The van der Waals surface area contributed by atoms with Gasteiger partial charge in [-0.2, -0.15) is 0 Å². The summed E-state index contributed by atoms with van der Waals surface area (Å²) >= 11 is 0. The summed E-state index contributed by atoms with van der Waals surface area (Å²) in [6.45, 7) is 0. The number of nitrogens with zero attached hydrogens (tertiary/aromatic N) is 2. The van der Waals surface area contributed by atoms with Crippen molar-refractivity contribution in [2.75, 3.05) is 0 Å². The number of non-ortho nitro benzene ring substituents is 1. The van der Waals surface area contributed by atoms with Crippen molar-refractivity contribution < 1.29 is 9.34 Å². The lowest BCUT2D eigenvalue weighted by atomic mass is 10.1. The van der Waals surface area contributed by atoms with Gasteiger partial charge in [0.05, 0.1) is 11.0 Å². The van der Waals surface area contributed by atoms with E-state index in [0.717, 1.165) is 5.56 Å². The van der Waals surface area contributed by atoms with Crippen LogP contribution in [0.4, 0.5) is 5.69 Å². The van der Waals surface area contributed by atoms with Crippen molar-refractivity contribution >= 4 is 16.8 Å². The molecule has 5 nitrogen and oxygen atoms in total. The van der Waals surface area contributed by atoms with Gasteiger partial charge in [0, 0.05) is 12.5 Å². The fraction of sp³-hybridized carbons (Fsp3) is 0.0714. The Labute approximate surface area is 108 Å². The van der Waals surface area contributed by atoms with Gasteiger partial charge in [-0.3, -0.25) is 10.1 Å². The Morgan fingerprint density at radius 3 is 2.68 bits per heavy atom. The van der Waals surface area contributed by atoms with Crippen LogP contribution in [0.15, 0.2) is 52.9 Å². The van der Waals surface area contributed by atoms with E-state index >= 15 is 0 Å². The van der Waals surface area contributed by atoms with Crippen molar-refractivity contribution in [3.8, 4) is 0 Å². The molecule has 0 bridgehead atoms.